The van der Waals surface area contributed by atoms with Crippen LogP contribution in [-0.2, 0) is 0 Å². The van der Waals surface area contributed by atoms with Gasteiger partial charge in [-0.25, -0.2) is 4.98 Å². The van der Waals surface area contributed by atoms with Crippen LogP contribution in [0.15, 0.2) is 36.7 Å². The third-order valence-electron chi connectivity index (χ3n) is 5.01. The molecular weight excluding hydrogens is 288 g/mol. The molecule has 2 aromatic rings. The van der Waals surface area contributed by atoms with Gasteiger partial charge in [0.15, 0.2) is 0 Å². The summed E-state index contributed by atoms with van der Waals surface area (Å²) < 4.78 is 0. The molecule has 3 heterocycles. The molecule has 2 fully saturated rings. The fourth-order valence-corrected chi connectivity index (χ4v) is 3.75. The van der Waals surface area contributed by atoms with Crippen molar-refractivity contribution >= 4 is 5.91 Å². The average molecular weight is 310 g/mol. The molecule has 5 nitrogen and oxygen atoms in total. The highest BCUT2D eigenvalue weighted by Gasteiger charge is 2.31. The molecule has 1 aromatic carbocycles. The van der Waals surface area contributed by atoms with Crippen LogP contribution in [0, 0.1) is 0 Å². The number of amides is 1. The van der Waals surface area contributed by atoms with E-state index in [1.807, 2.05) is 29.2 Å². The lowest BCUT2D eigenvalue weighted by Crippen LogP contribution is -2.56. The van der Waals surface area contributed by atoms with Gasteiger partial charge in [0.2, 0.25) is 0 Å². The van der Waals surface area contributed by atoms with E-state index in [1.165, 1.54) is 25.8 Å². The Kier molecular flexibility index (Phi) is 3.87. The number of H-pyrrole nitrogens is 1. The van der Waals surface area contributed by atoms with Crippen molar-refractivity contribution in [1.29, 1.82) is 0 Å². The third-order valence-corrected chi connectivity index (χ3v) is 5.01. The van der Waals surface area contributed by atoms with Gasteiger partial charge in [0.1, 0.15) is 5.82 Å². The summed E-state index contributed by atoms with van der Waals surface area (Å²) in [6.07, 6.45) is 7.33. The largest absolute Gasteiger partial charge is 0.345 e. The van der Waals surface area contributed by atoms with Gasteiger partial charge in [-0.05, 0) is 31.5 Å². The molecule has 1 unspecified atom stereocenters. The van der Waals surface area contributed by atoms with Crippen molar-refractivity contribution in [2.75, 3.05) is 26.2 Å². The van der Waals surface area contributed by atoms with E-state index in [4.69, 9.17) is 0 Å². The molecule has 0 bridgehead atoms. The second kappa shape index (κ2) is 6.16. The van der Waals surface area contributed by atoms with Crippen LogP contribution >= 0.6 is 0 Å². The number of benzene rings is 1. The monoisotopic (exact) mass is 310 g/mol. The first kappa shape index (κ1) is 14.5. The molecule has 1 N–H and O–H groups in total. The Labute approximate surface area is 136 Å². The lowest BCUT2D eigenvalue weighted by molar-refractivity contribution is 0.0372. The van der Waals surface area contributed by atoms with Crippen molar-refractivity contribution in [1.82, 2.24) is 19.8 Å². The summed E-state index contributed by atoms with van der Waals surface area (Å²) in [5, 5.41) is 0. The molecule has 2 saturated heterocycles. The smallest absolute Gasteiger partial charge is 0.253 e. The minimum Gasteiger partial charge on any atom is -0.345 e. The minimum absolute atomic E-state index is 0.142. The molecule has 0 saturated carbocycles. The Balaban J connectivity index is 1.52. The second-order valence-corrected chi connectivity index (χ2v) is 6.46. The Morgan fingerprint density at radius 3 is 3.04 bits per heavy atom. The number of fused-ring (bicyclic) bond motifs is 1. The number of aromatic amines is 1. The first-order chi connectivity index (χ1) is 11.3. The van der Waals surface area contributed by atoms with Gasteiger partial charge in [0.25, 0.3) is 5.91 Å². The number of piperazine rings is 1. The molecule has 1 amide bonds. The van der Waals surface area contributed by atoms with Gasteiger partial charge in [0.05, 0.1) is 0 Å². The Hall–Kier alpha value is -2.14. The van der Waals surface area contributed by atoms with Crippen molar-refractivity contribution < 1.29 is 4.79 Å². The van der Waals surface area contributed by atoms with Crippen LogP contribution in [0.25, 0.3) is 11.4 Å². The Bertz CT molecular complexity index is 682. The van der Waals surface area contributed by atoms with Crippen molar-refractivity contribution in [3.8, 4) is 11.4 Å². The minimum atomic E-state index is 0.142. The van der Waals surface area contributed by atoms with Crippen LogP contribution in [0.1, 0.15) is 29.6 Å². The molecule has 1 aromatic heterocycles. The maximum atomic E-state index is 12.9. The number of rotatable bonds is 2. The van der Waals surface area contributed by atoms with Crippen LogP contribution < -0.4 is 0 Å². The number of nitrogens with zero attached hydrogens (tertiary/aromatic N) is 3. The fraction of sp³-hybridized carbons (Fsp3) is 0.444. The maximum Gasteiger partial charge on any atom is 0.253 e. The fourth-order valence-electron chi connectivity index (χ4n) is 3.75. The predicted octanol–water partition coefficient (Wildman–Crippen LogP) is 2.39. The SMILES string of the molecule is O=C(c1cccc(-c2ncc[nH]2)c1)N1CCN2CCCCC2C1. The van der Waals surface area contributed by atoms with E-state index in [9.17, 15) is 4.79 Å². The number of piperidine rings is 1. The molecule has 0 spiro atoms. The Morgan fingerprint density at radius 2 is 2.17 bits per heavy atom. The molecule has 120 valence electrons. The average Bonchev–Trinajstić information content (AvgIpc) is 3.15. The van der Waals surface area contributed by atoms with Gasteiger partial charge in [-0.3, -0.25) is 9.69 Å². The molecule has 1 atom stereocenters. The quantitative estimate of drug-likeness (QED) is 0.926. The van der Waals surface area contributed by atoms with Crippen LogP contribution in [0.5, 0.6) is 0 Å². The number of imidazole rings is 1. The summed E-state index contributed by atoms with van der Waals surface area (Å²) in [5.41, 5.74) is 1.71. The summed E-state index contributed by atoms with van der Waals surface area (Å²) in [6, 6.07) is 8.31. The predicted molar refractivity (Wildman–Crippen MR) is 89.1 cm³/mol. The lowest BCUT2D eigenvalue weighted by Gasteiger charge is -2.44. The zero-order chi connectivity index (χ0) is 15.6. The van der Waals surface area contributed by atoms with Gasteiger partial charge < -0.3 is 9.88 Å². The molecular formula is C18H22N4O. The van der Waals surface area contributed by atoms with Gasteiger partial charge >= 0.3 is 0 Å². The molecule has 4 rings (SSSR count). The standard InChI is InChI=1S/C18H22N4O/c23-18(22-11-10-21-9-2-1-6-16(21)13-22)15-5-3-4-14(12-15)17-19-7-8-20-17/h3-5,7-8,12,16H,1-2,6,9-11,13H2,(H,19,20). The molecule has 2 aliphatic rings. The first-order valence-electron chi connectivity index (χ1n) is 8.44. The van der Waals surface area contributed by atoms with Crippen molar-refractivity contribution in [3.63, 3.8) is 0 Å². The highest BCUT2D eigenvalue weighted by atomic mass is 16.2. The van der Waals surface area contributed by atoms with Crippen LogP contribution in [0.2, 0.25) is 0 Å². The second-order valence-electron chi connectivity index (χ2n) is 6.46. The number of nitrogens with one attached hydrogen (secondary N) is 1. The zero-order valence-electron chi connectivity index (χ0n) is 13.2. The maximum absolute atomic E-state index is 12.9. The number of carbonyl (C=O) groups is 1. The summed E-state index contributed by atoms with van der Waals surface area (Å²) in [7, 11) is 0. The van der Waals surface area contributed by atoms with E-state index in [1.54, 1.807) is 12.4 Å². The zero-order valence-corrected chi connectivity index (χ0v) is 13.2. The summed E-state index contributed by atoms with van der Waals surface area (Å²) in [5.74, 6) is 0.945. The summed E-state index contributed by atoms with van der Waals surface area (Å²) in [4.78, 5) is 24.8. The summed E-state index contributed by atoms with van der Waals surface area (Å²) in [6.45, 7) is 3.90. The van der Waals surface area contributed by atoms with E-state index in [2.05, 4.69) is 14.9 Å². The van der Waals surface area contributed by atoms with Crippen molar-refractivity contribution in [3.05, 3.63) is 42.2 Å². The van der Waals surface area contributed by atoms with E-state index >= 15 is 0 Å². The highest BCUT2D eigenvalue weighted by Crippen LogP contribution is 2.23. The lowest BCUT2D eigenvalue weighted by atomic mass is 9.99. The van der Waals surface area contributed by atoms with Crippen molar-refractivity contribution in [2.45, 2.75) is 25.3 Å². The van der Waals surface area contributed by atoms with E-state index in [-0.39, 0.29) is 5.91 Å². The van der Waals surface area contributed by atoms with Gasteiger partial charge in [-0.1, -0.05) is 18.6 Å². The molecule has 2 aliphatic heterocycles. The summed E-state index contributed by atoms with van der Waals surface area (Å²) >= 11 is 0. The highest BCUT2D eigenvalue weighted by molar-refractivity contribution is 5.95. The van der Waals surface area contributed by atoms with E-state index in [0.717, 1.165) is 36.6 Å². The number of aromatic nitrogens is 2. The number of hydrogen-bond donors (Lipinski definition) is 1. The van der Waals surface area contributed by atoms with Crippen molar-refractivity contribution in [2.24, 2.45) is 0 Å². The van der Waals surface area contributed by atoms with Gasteiger partial charge in [0, 0.05) is 49.2 Å². The van der Waals surface area contributed by atoms with Crippen LogP contribution in [-0.4, -0.2) is 57.9 Å². The van der Waals surface area contributed by atoms with Crippen LogP contribution in [0.3, 0.4) is 0 Å². The van der Waals surface area contributed by atoms with Crippen LogP contribution in [0.4, 0.5) is 0 Å². The number of carbonyl (C=O) groups excluding carboxylic acids is 1. The molecule has 5 heteroatoms. The normalized spacial score (nSPS) is 21.9. The third kappa shape index (κ3) is 2.88. The molecule has 0 radical (unpaired) electrons. The Morgan fingerprint density at radius 1 is 1.22 bits per heavy atom. The molecule has 0 aliphatic carbocycles. The van der Waals surface area contributed by atoms with E-state index in [0.29, 0.717) is 6.04 Å². The first-order valence-corrected chi connectivity index (χ1v) is 8.44. The topological polar surface area (TPSA) is 52.2 Å². The van der Waals surface area contributed by atoms with E-state index < -0.39 is 0 Å². The number of hydrogen-bond acceptors (Lipinski definition) is 3. The molecule has 23 heavy (non-hydrogen) atoms. The van der Waals surface area contributed by atoms with Gasteiger partial charge in [-0.15, -0.1) is 0 Å². The van der Waals surface area contributed by atoms with Gasteiger partial charge in [-0.2, -0.15) is 0 Å².